The molecule has 0 amide bonds. The monoisotopic (exact) mass is 242 g/mol. The summed E-state index contributed by atoms with van der Waals surface area (Å²) < 4.78 is 5.72. The molecule has 0 bridgehead atoms. The van der Waals surface area contributed by atoms with Gasteiger partial charge in [-0.25, -0.2) is 0 Å². The molecule has 0 unspecified atom stereocenters. The molecule has 0 aliphatic heterocycles. The number of ether oxygens (including phenoxy) is 1. The molecule has 0 fully saturated rings. The van der Waals surface area contributed by atoms with Gasteiger partial charge in [0, 0.05) is 5.69 Å². The van der Waals surface area contributed by atoms with Crippen LogP contribution >= 0.6 is 0 Å². The van der Waals surface area contributed by atoms with Crippen LogP contribution in [0, 0.1) is 0 Å². The summed E-state index contributed by atoms with van der Waals surface area (Å²) in [5, 5.41) is 3.31. The van der Waals surface area contributed by atoms with E-state index in [1.54, 1.807) is 0 Å². The van der Waals surface area contributed by atoms with E-state index in [9.17, 15) is 0 Å². The SMILES string of the molecule is CN(C)CNc1ccc(Oc2ccccc2)cc1. The third kappa shape index (κ3) is 3.79. The van der Waals surface area contributed by atoms with E-state index in [4.69, 9.17) is 4.74 Å². The minimum Gasteiger partial charge on any atom is -0.457 e. The summed E-state index contributed by atoms with van der Waals surface area (Å²) in [6.07, 6.45) is 0. The molecule has 3 nitrogen and oxygen atoms in total. The van der Waals surface area contributed by atoms with E-state index in [1.807, 2.05) is 68.7 Å². The van der Waals surface area contributed by atoms with Crippen molar-refractivity contribution in [2.45, 2.75) is 0 Å². The van der Waals surface area contributed by atoms with Gasteiger partial charge < -0.3 is 10.1 Å². The molecule has 0 radical (unpaired) electrons. The van der Waals surface area contributed by atoms with Crippen LogP contribution in [-0.2, 0) is 0 Å². The highest BCUT2D eigenvalue weighted by molar-refractivity contribution is 5.47. The Morgan fingerprint density at radius 1 is 0.889 bits per heavy atom. The Morgan fingerprint density at radius 2 is 1.50 bits per heavy atom. The van der Waals surface area contributed by atoms with Gasteiger partial charge in [-0.2, -0.15) is 0 Å². The van der Waals surface area contributed by atoms with Crippen LogP contribution in [0.4, 0.5) is 5.69 Å². The lowest BCUT2D eigenvalue weighted by Crippen LogP contribution is -2.20. The fraction of sp³-hybridized carbons (Fsp3) is 0.200. The standard InChI is InChI=1S/C15H18N2O/c1-17(2)12-16-13-8-10-15(11-9-13)18-14-6-4-3-5-7-14/h3-11,16H,12H2,1-2H3. The predicted molar refractivity (Wildman–Crippen MR) is 75.1 cm³/mol. The summed E-state index contributed by atoms with van der Waals surface area (Å²) >= 11 is 0. The van der Waals surface area contributed by atoms with E-state index in [0.717, 1.165) is 23.9 Å². The number of para-hydroxylation sites is 1. The van der Waals surface area contributed by atoms with Crippen LogP contribution in [0.15, 0.2) is 54.6 Å². The highest BCUT2D eigenvalue weighted by atomic mass is 16.5. The van der Waals surface area contributed by atoms with Crippen molar-refractivity contribution < 1.29 is 4.74 Å². The van der Waals surface area contributed by atoms with Gasteiger partial charge >= 0.3 is 0 Å². The molecule has 94 valence electrons. The maximum atomic E-state index is 5.72. The van der Waals surface area contributed by atoms with Crippen LogP contribution in [0.1, 0.15) is 0 Å². The molecule has 0 saturated heterocycles. The van der Waals surface area contributed by atoms with Crippen molar-refractivity contribution in [3.8, 4) is 11.5 Å². The van der Waals surface area contributed by atoms with Gasteiger partial charge in [0.15, 0.2) is 0 Å². The Kier molecular flexibility index (Phi) is 4.20. The van der Waals surface area contributed by atoms with Gasteiger partial charge in [0.1, 0.15) is 11.5 Å². The number of hydrogen-bond donors (Lipinski definition) is 1. The quantitative estimate of drug-likeness (QED) is 0.813. The average Bonchev–Trinajstić information content (AvgIpc) is 2.39. The van der Waals surface area contributed by atoms with E-state index >= 15 is 0 Å². The molecular weight excluding hydrogens is 224 g/mol. The fourth-order valence-electron chi connectivity index (χ4n) is 1.51. The lowest BCUT2D eigenvalue weighted by Gasteiger charge is -2.12. The lowest BCUT2D eigenvalue weighted by atomic mass is 10.3. The van der Waals surface area contributed by atoms with Gasteiger partial charge in [-0.3, -0.25) is 4.90 Å². The summed E-state index contributed by atoms with van der Waals surface area (Å²) in [7, 11) is 4.06. The average molecular weight is 242 g/mol. The van der Waals surface area contributed by atoms with Crippen LogP contribution < -0.4 is 10.1 Å². The van der Waals surface area contributed by atoms with Crippen LogP contribution in [0.2, 0.25) is 0 Å². The minimum atomic E-state index is 0.818. The van der Waals surface area contributed by atoms with Gasteiger partial charge in [0.2, 0.25) is 0 Å². The first-order chi connectivity index (χ1) is 8.74. The molecule has 3 heteroatoms. The summed E-state index contributed by atoms with van der Waals surface area (Å²) in [5.74, 6) is 1.70. The largest absolute Gasteiger partial charge is 0.457 e. The normalized spacial score (nSPS) is 10.4. The number of hydrogen-bond acceptors (Lipinski definition) is 3. The second-order valence-electron chi connectivity index (χ2n) is 4.35. The summed E-state index contributed by atoms with van der Waals surface area (Å²) in [5.41, 5.74) is 1.09. The topological polar surface area (TPSA) is 24.5 Å². The third-order valence-corrected chi connectivity index (χ3v) is 2.43. The molecule has 2 aromatic carbocycles. The van der Waals surface area contributed by atoms with Gasteiger partial charge in [-0.05, 0) is 50.5 Å². The van der Waals surface area contributed by atoms with Gasteiger partial charge in [0.25, 0.3) is 0 Å². The molecular formula is C15H18N2O. The Hall–Kier alpha value is -2.00. The number of rotatable bonds is 5. The molecule has 2 aromatic rings. The van der Waals surface area contributed by atoms with Crippen molar-refractivity contribution in [1.29, 1.82) is 0 Å². The molecule has 0 saturated carbocycles. The van der Waals surface area contributed by atoms with E-state index in [2.05, 4.69) is 10.2 Å². The molecule has 0 aromatic heterocycles. The van der Waals surface area contributed by atoms with E-state index in [0.29, 0.717) is 0 Å². The smallest absolute Gasteiger partial charge is 0.127 e. The maximum absolute atomic E-state index is 5.72. The maximum Gasteiger partial charge on any atom is 0.127 e. The molecule has 0 aliphatic rings. The molecule has 0 aliphatic carbocycles. The van der Waals surface area contributed by atoms with Gasteiger partial charge in [-0.1, -0.05) is 18.2 Å². The zero-order chi connectivity index (χ0) is 12.8. The second kappa shape index (κ2) is 6.07. The Morgan fingerprint density at radius 3 is 2.11 bits per heavy atom. The number of nitrogens with zero attached hydrogens (tertiary/aromatic N) is 1. The molecule has 0 atom stereocenters. The number of anilines is 1. The second-order valence-corrected chi connectivity index (χ2v) is 4.35. The van der Waals surface area contributed by atoms with Crippen molar-refractivity contribution >= 4 is 5.69 Å². The lowest BCUT2D eigenvalue weighted by molar-refractivity contribution is 0.440. The first-order valence-corrected chi connectivity index (χ1v) is 5.95. The molecule has 1 N–H and O–H groups in total. The first-order valence-electron chi connectivity index (χ1n) is 5.95. The van der Waals surface area contributed by atoms with Crippen molar-refractivity contribution in [3.63, 3.8) is 0 Å². The molecule has 0 spiro atoms. The minimum absolute atomic E-state index is 0.818. The van der Waals surface area contributed by atoms with E-state index in [-0.39, 0.29) is 0 Å². The van der Waals surface area contributed by atoms with Crippen molar-refractivity contribution in [3.05, 3.63) is 54.6 Å². The predicted octanol–water partition coefficient (Wildman–Crippen LogP) is 3.41. The Labute approximate surface area is 108 Å². The van der Waals surface area contributed by atoms with Crippen molar-refractivity contribution in [2.24, 2.45) is 0 Å². The van der Waals surface area contributed by atoms with Crippen LogP contribution in [0.5, 0.6) is 11.5 Å². The van der Waals surface area contributed by atoms with Crippen LogP contribution in [0.25, 0.3) is 0 Å². The number of nitrogens with one attached hydrogen (secondary N) is 1. The molecule has 2 rings (SSSR count). The van der Waals surface area contributed by atoms with E-state index in [1.165, 1.54) is 0 Å². The Balaban J connectivity index is 1.95. The summed E-state index contributed by atoms with van der Waals surface area (Å²) in [4.78, 5) is 2.08. The fourth-order valence-corrected chi connectivity index (χ4v) is 1.51. The van der Waals surface area contributed by atoms with E-state index < -0.39 is 0 Å². The Bertz CT molecular complexity index is 466. The molecule has 0 heterocycles. The first kappa shape index (κ1) is 12.5. The zero-order valence-corrected chi connectivity index (χ0v) is 10.8. The van der Waals surface area contributed by atoms with Gasteiger partial charge in [-0.15, -0.1) is 0 Å². The van der Waals surface area contributed by atoms with Gasteiger partial charge in [0.05, 0.1) is 6.67 Å². The van der Waals surface area contributed by atoms with Crippen LogP contribution in [-0.4, -0.2) is 25.7 Å². The van der Waals surface area contributed by atoms with Crippen molar-refractivity contribution in [1.82, 2.24) is 4.90 Å². The summed E-state index contributed by atoms with van der Waals surface area (Å²) in [6.45, 7) is 0.818. The zero-order valence-electron chi connectivity index (χ0n) is 10.8. The van der Waals surface area contributed by atoms with Crippen LogP contribution in [0.3, 0.4) is 0 Å². The van der Waals surface area contributed by atoms with Crippen molar-refractivity contribution in [2.75, 3.05) is 26.1 Å². The number of benzene rings is 2. The highest BCUT2D eigenvalue weighted by Gasteiger charge is 1.97. The summed E-state index contributed by atoms with van der Waals surface area (Å²) in [6, 6.07) is 17.7. The third-order valence-electron chi connectivity index (χ3n) is 2.43. The highest BCUT2D eigenvalue weighted by Crippen LogP contribution is 2.22. The molecule has 18 heavy (non-hydrogen) atoms.